The molecular weight excluding hydrogens is 326 g/mol. The first-order chi connectivity index (χ1) is 10.4. The van der Waals surface area contributed by atoms with E-state index in [1.165, 1.54) is 30.3 Å². The van der Waals surface area contributed by atoms with Gasteiger partial charge in [-0.25, -0.2) is 8.42 Å². The van der Waals surface area contributed by atoms with E-state index in [4.69, 9.17) is 11.6 Å². The highest BCUT2D eigenvalue weighted by atomic mass is 35.5. The topological polar surface area (TPSA) is 86.3 Å². The average Bonchev–Trinajstić information content (AvgIpc) is 2.48. The maximum absolute atomic E-state index is 12.2. The van der Waals surface area contributed by atoms with Crippen molar-refractivity contribution in [1.82, 2.24) is 0 Å². The predicted octanol–water partition coefficient (Wildman–Crippen LogP) is 1.90. The molecule has 0 atom stereocenters. The van der Waals surface area contributed by atoms with Crippen molar-refractivity contribution in [2.24, 2.45) is 0 Å². The molecule has 2 aromatic carbocycles. The van der Waals surface area contributed by atoms with Crippen molar-refractivity contribution in [2.45, 2.75) is 4.90 Å². The van der Waals surface area contributed by atoms with Crippen molar-refractivity contribution in [3.8, 4) is 0 Å². The third-order valence-electron chi connectivity index (χ3n) is 2.72. The molecule has 2 aromatic rings. The molecule has 0 aliphatic rings. The molecule has 0 fully saturated rings. The Kier molecular flexibility index (Phi) is 4.85. The summed E-state index contributed by atoms with van der Waals surface area (Å²) in [5, 5.41) is 10.6. The van der Waals surface area contributed by atoms with Crippen LogP contribution in [0.25, 0.3) is 6.08 Å². The predicted molar refractivity (Wildman–Crippen MR) is 82.7 cm³/mol. The molecule has 0 saturated carbocycles. The monoisotopic (exact) mass is 336 g/mol. The van der Waals surface area contributed by atoms with Crippen LogP contribution in [0.1, 0.15) is 5.56 Å². The molecule has 0 aliphatic carbocycles. The van der Waals surface area contributed by atoms with Gasteiger partial charge in [0, 0.05) is 0 Å². The number of halogens is 1. The molecule has 0 bridgehead atoms. The number of para-hydroxylation sites is 1. The molecule has 2 rings (SSSR count). The smallest absolute Gasteiger partial charge is 0.261 e. The van der Waals surface area contributed by atoms with Crippen molar-refractivity contribution >= 4 is 39.4 Å². The van der Waals surface area contributed by atoms with E-state index in [9.17, 15) is 18.3 Å². The Labute approximate surface area is 132 Å². The normalized spacial score (nSPS) is 11.5. The molecule has 0 aromatic heterocycles. The number of carbonyl (C=O) groups is 1. The van der Waals surface area contributed by atoms with Gasteiger partial charge < -0.3 is 9.90 Å². The molecule has 0 saturated heterocycles. The molecule has 22 heavy (non-hydrogen) atoms. The SMILES string of the molecule is O=C([O-])/C=C/c1ccc(S(=O)(=O)Nc2ccccc2Cl)cc1. The largest absolute Gasteiger partial charge is 0.545 e. The van der Waals surface area contributed by atoms with Crippen LogP contribution in [-0.2, 0) is 14.8 Å². The maximum atomic E-state index is 12.2. The number of rotatable bonds is 5. The summed E-state index contributed by atoms with van der Waals surface area (Å²) in [6.45, 7) is 0. The fourth-order valence-electron chi connectivity index (χ4n) is 1.67. The first kappa shape index (κ1) is 16.1. The zero-order valence-electron chi connectivity index (χ0n) is 11.2. The van der Waals surface area contributed by atoms with Crippen LogP contribution < -0.4 is 9.83 Å². The summed E-state index contributed by atoms with van der Waals surface area (Å²) >= 11 is 5.92. The van der Waals surface area contributed by atoms with Gasteiger partial charge in [0.15, 0.2) is 0 Å². The minimum Gasteiger partial charge on any atom is -0.545 e. The number of carboxylic acids is 1. The van der Waals surface area contributed by atoms with E-state index in [0.29, 0.717) is 10.6 Å². The molecule has 0 aliphatic heterocycles. The first-order valence-corrected chi connectivity index (χ1v) is 8.01. The van der Waals surface area contributed by atoms with Crippen molar-refractivity contribution in [2.75, 3.05) is 4.72 Å². The number of hydrogen-bond donors (Lipinski definition) is 1. The Morgan fingerprint density at radius 3 is 2.32 bits per heavy atom. The Bertz CT molecular complexity index is 814. The third-order valence-corrected chi connectivity index (χ3v) is 4.43. The zero-order valence-corrected chi connectivity index (χ0v) is 12.8. The molecule has 0 unspecified atom stereocenters. The molecule has 114 valence electrons. The summed E-state index contributed by atoms with van der Waals surface area (Å²) in [5.74, 6) is -1.32. The third kappa shape index (κ3) is 4.09. The van der Waals surface area contributed by atoms with Gasteiger partial charge in [0.2, 0.25) is 0 Å². The lowest BCUT2D eigenvalue weighted by Crippen LogP contribution is -2.18. The molecule has 0 heterocycles. The number of carboxylic acid groups (broad SMARTS) is 1. The van der Waals surface area contributed by atoms with Gasteiger partial charge in [0.1, 0.15) is 0 Å². The molecule has 5 nitrogen and oxygen atoms in total. The van der Waals surface area contributed by atoms with Gasteiger partial charge in [0.05, 0.1) is 21.6 Å². The lowest BCUT2D eigenvalue weighted by atomic mass is 10.2. The van der Waals surface area contributed by atoms with Gasteiger partial charge in [-0.15, -0.1) is 0 Å². The number of benzene rings is 2. The van der Waals surface area contributed by atoms with E-state index < -0.39 is 16.0 Å². The molecule has 7 heteroatoms. The van der Waals surface area contributed by atoms with Crippen LogP contribution in [0.4, 0.5) is 5.69 Å². The Morgan fingerprint density at radius 2 is 1.73 bits per heavy atom. The second-order valence-electron chi connectivity index (χ2n) is 4.31. The van der Waals surface area contributed by atoms with E-state index in [0.717, 1.165) is 6.08 Å². The second kappa shape index (κ2) is 6.64. The number of sulfonamides is 1. The van der Waals surface area contributed by atoms with Crippen molar-refractivity contribution in [3.05, 3.63) is 65.2 Å². The lowest BCUT2D eigenvalue weighted by molar-refractivity contribution is -0.297. The van der Waals surface area contributed by atoms with E-state index in [2.05, 4.69) is 4.72 Å². The van der Waals surface area contributed by atoms with E-state index in [-0.39, 0.29) is 10.6 Å². The lowest BCUT2D eigenvalue weighted by Gasteiger charge is -2.09. The van der Waals surface area contributed by atoms with E-state index in [1.807, 2.05) is 0 Å². The van der Waals surface area contributed by atoms with Crippen LogP contribution in [0.15, 0.2) is 59.5 Å². The van der Waals surface area contributed by atoms with Crippen molar-refractivity contribution in [3.63, 3.8) is 0 Å². The highest BCUT2D eigenvalue weighted by Gasteiger charge is 2.15. The van der Waals surface area contributed by atoms with Gasteiger partial charge >= 0.3 is 0 Å². The van der Waals surface area contributed by atoms with Gasteiger partial charge in [-0.3, -0.25) is 4.72 Å². The molecule has 1 N–H and O–H groups in total. The standard InChI is InChI=1S/C15H12ClNO4S/c16-13-3-1-2-4-14(13)17-22(20,21)12-8-5-11(6-9-12)7-10-15(18)19/h1-10,17H,(H,18,19)/p-1/b10-7+. The molecule has 0 amide bonds. The molecule has 0 radical (unpaired) electrons. The Morgan fingerprint density at radius 1 is 1.09 bits per heavy atom. The molecular formula is C15H11ClNO4S-. The minimum atomic E-state index is -3.77. The minimum absolute atomic E-state index is 0.0398. The van der Waals surface area contributed by atoms with Crippen LogP contribution >= 0.6 is 11.6 Å². The summed E-state index contributed by atoms with van der Waals surface area (Å²) in [6.07, 6.45) is 2.18. The van der Waals surface area contributed by atoms with Crippen molar-refractivity contribution in [1.29, 1.82) is 0 Å². The van der Waals surface area contributed by atoms with E-state index in [1.54, 1.807) is 24.3 Å². The van der Waals surface area contributed by atoms with Crippen LogP contribution in [0, 0.1) is 0 Å². The Balaban J connectivity index is 2.23. The number of nitrogens with one attached hydrogen (secondary N) is 1. The summed E-state index contributed by atoms with van der Waals surface area (Å²) in [5.41, 5.74) is 0.825. The summed E-state index contributed by atoms with van der Waals surface area (Å²) in [4.78, 5) is 10.4. The number of aliphatic carboxylic acids is 1. The molecule has 0 spiro atoms. The number of carbonyl (C=O) groups excluding carboxylic acids is 1. The van der Waals surface area contributed by atoms with Crippen LogP contribution in [0.5, 0.6) is 0 Å². The first-order valence-electron chi connectivity index (χ1n) is 6.15. The quantitative estimate of drug-likeness (QED) is 0.845. The summed E-state index contributed by atoms with van der Waals surface area (Å²) in [6, 6.07) is 12.2. The highest BCUT2D eigenvalue weighted by molar-refractivity contribution is 7.92. The van der Waals surface area contributed by atoms with Gasteiger partial charge in [0.25, 0.3) is 10.0 Å². The van der Waals surface area contributed by atoms with Crippen LogP contribution in [0.3, 0.4) is 0 Å². The number of anilines is 1. The summed E-state index contributed by atoms with van der Waals surface area (Å²) < 4.78 is 26.9. The van der Waals surface area contributed by atoms with Crippen molar-refractivity contribution < 1.29 is 18.3 Å². The summed E-state index contributed by atoms with van der Waals surface area (Å²) in [7, 11) is -3.77. The van der Waals surface area contributed by atoms with Gasteiger partial charge in [-0.1, -0.05) is 41.9 Å². The van der Waals surface area contributed by atoms with E-state index >= 15 is 0 Å². The number of hydrogen-bond acceptors (Lipinski definition) is 4. The van der Waals surface area contributed by atoms with Crippen LogP contribution in [-0.4, -0.2) is 14.4 Å². The van der Waals surface area contributed by atoms with Crippen LogP contribution in [0.2, 0.25) is 5.02 Å². The Hall–Kier alpha value is -2.31. The van der Waals surface area contributed by atoms with Gasteiger partial charge in [-0.2, -0.15) is 0 Å². The maximum Gasteiger partial charge on any atom is 0.261 e. The van der Waals surface area contributed by atoms with Gasteiger partial charge in [-0.05, 0) is 35.9 Å². The average molecular weight is 337 g/mol. The highest BCUT2D eigenvalue weighted by Crippen LogP contribution is 2.24. The fourth-order valence-corrected chi connectivity index (χ4v) is 2.99. The zero-order chi connectivity index (χ0) is 16.2. The fraction of sp³-hybridized carbons (Fsp3) is 0. The second-order valence-corrected chi connectivity index (χ2v) is 6.40.